The Kier molecular flexibility index (Phi) is 3.97. The molecule has 0 spiro atoms. The van der Waals surface area contributed by atoms with Crippen molar-refractivity contribution in [3.63, 3.8) is 0 Å². The molecular weight excluding hydrogens is 198 g/mol. The fraction of sp³-hybridized carbons (Fsp3) is 0.571. The lowest BCUT2D eigenvalue weighted by molar-refractivity contribution is 0.281. The van der Waals surface area contributed by atoms with Gasteiger partial charge in [-0.3, -0.25) is 0 Å². The van der Waals surface area contributed by atoms with E-state index in [1.807, 2.05) is 12.1 Å². The van der Waals surface area contributed by atoms with E-state index in [2.05, 4.69) is 24.4 Å². The van der Waals surface area contributed by atoms with Crippen LogP contribution in [0.1, 0.15) is 37.3 Å². The zero-order chi connectivity index (χ0) is 11.4. The third-order valence-electron chi connectivity index (χ3n) is 3.37. The fourth-order valence-corrected chi connectivity index (χ4v) is 2.23. The van der Waals surface area contributed by atoms with Gasteiger partial charge in [0.25, 0.3) is 0 Å². The molecule has 0 saturated heterocycles. The van der Waals surface area contributed by atoms with Gasteiger partial charge in [0.1, 0.15) is 0 Å². The van der Waals surface area contributed by atoms with Crippen LogP contribution in [-0.4, -0.2) is 11.1 Å². The molecule has 0 amide bonds. The highest BCUT2D eigenvalue weighted by Crippen LogP contribution is 2.33. The van der Waals surface area contributed by atoms with E-state index in [1.54, 1.807) is 0 Å². The van der Waals surface area contributed by atoms with Crippen molar-refractivity contribution in [3.8, 4) is 0 Å². The van der Waals surface area contributed by atoms with Crippen molar-refractivity contribution >= 4 is 0 Å². The van der Waals surface area contributed by atoms with Gasteiger partial charge in [0.05, 0.1) is 6.61 Å². The second-order valence-corrected chi connectivity index (χ2v) is 4.71. The summed E-state index contributed by atoms with van der Waals surface area (Å²) in [4.78, 5) is 0. The maximum absolute atomic E-state index is 9.06. The third-order valence-corrected chi connectivity index (χ3v) is 3.37. The topological polar surface area (TPSA) is 32.3 Å². The Morgan fingerprint density at radius 3 is 2.75 bits per heavy atom. The first-order valence-electron chi connectivity index (χ1n) is 6.25. The van der Waals surface area contributed by atoms with Gasteiger partial charge >= 0.3 is 0 Å². The second kappa shape index (κ2) is 5.46. The fourth-order valence-electron chi connectivity index (χ4n) is 2.23. The first kappa shape index (κ1) is 11.6. The first-order valence-corrected chi connectivity index (χ1v) is 6.25. The normalized spacial score (nSPS) is 17.4. The lowest BCUT2D eigenvalue weighted by Gasteiger charge is -2.16. The molecule has 2 rings (SSSR count). The van der Waals surface area contributed by atoms with Gasteiger partial charge in [-0.1, -0.05) is 31.2 Å². The number of hydrogen-bond donors (Lipinski definition) is 2. The van der Waals surface area contributed by atoms with Gasteiger partial charge in [0, 0.05) is 12.6 Å². The Morgan fingerprint density at radius 2 is 2.12 bits per heavy atom. The summed E-state index contributed by atoms with van der Waals surface area (Å²) in [5.74, 6) is 0.908. The van der Waals surface area contributed by atoms with E-state index in [0.29, 0.717) is 6.04 Å². The predicted molar refractivity (Wildman–Crippen MR) is 66.0 cm³/mol. The Balaban J connectivity index is 1.87. The zero-order valence-electron chi connectivity index (χ0n) is 9.95. The summed E-state index contributed by atoms with van der Waals surface area (Å²) in [5.41, 5.74) is 2.27. The summed E-state index contributed by atoms with van der Waals surface area (Å²) in [7, 11) is 0. The van der Waals surface area contributed by atoms with Crippen LogP contribution in [0.15, 0.2) is 24.3 Å². The Labute approximate surface area is 97.7 Å². The molecule has 0 radical (unpaired) electrons. The van der Waals surface area contributed by atoms with E-state index < -0.39 is 0 Å². The standard InChI is InChI=1S/C14H21NO/c1-2-14(13-6-7-13)15-9-11-4-3-5-12(8-11)10-16/h3-5,8,13-16H,2,6-7,9-10H2,1H3. The minimum Gasteiger partial charge on any atom is -0.392 e. The molecule has 1 fully saturated rings. The molecule has 16 heavy (non-hydrogen) atoms. The molecular formula is C14H21NO. The van der Waals surface area contributed by atoms with E-state index in [1.165, 1.54) is 24.8 Å². The highest BCUT2D eigenvalue weighted by molar-refractivity contribution is 5.22. The van der Waals surface area contributed by atoms with Crippen LogP contribution < -0.4 is 5.32 Å². The maximum atomic E-state index is 9.06. The van der Waals surface area contributed by atoms with Crippen LogP contribution >= 0.6 is 0 Å². The molecule has 1 unspecified atom stereocenters. The molecule has 88 valence electrons. The SMILES string of the molecule is CCC(NCc1cccc(CO)c1)C1CC1. The molecule has 0 aromatic heterocycles. The predicted octanol–water partition coefficient (Wildman–Crippen LogP) is 2.46. The Morgan fingerprint density at radius 1 is 1.38 bits per heavy atom. The quantitative estimate of drug-likeness (QED) is 0.770. The minimum absolute atomic E-state index is 0.133. The number of aliphatic hydroxyl groups is 1. The average molecular weight is 219 g/mol. The summed E-state index contributed by atoms with van der Waals surface area (Å²) < 4.78 is 0. The van der Waals surface area contributed by atoms with E-state index >= 15 is 0 Å². The van der Waals surface area contributed by atoms with Crippen LogP contribution in [-0.2, 0) is 13.2 Å². The minimum atomic E-state index is 0.133. The van der Waals surface area contributed by atoms with Crippen LogP contribution in [0.25, 0.3) is 0 Å². The van der Waals surface area contributed by atoms with E-state index in [9.17, 15) is 0 Å². The summed E-state index contributed by atoms with van der Waals surface area (Å²) >= 11 is 0. The van der Waals surface area contributed by atoms with Gasteiger partial charge < -0.3 is 10.4 Å². The van der Waals surface area contributed by atoms with Crippen LogP contribution in [0, 0.1) is 5.92 Å². The van der Waals surface area contributed by atoms with E-state index in [-0.39, 0.29) is 6.61 Å². The zero-order valence-corrected chi connectivity index (χ0v) is 9.95. The van der Waals surface area contributed by atoms with Gasteiger partial charge in [-0.25, -0.2) is 0 Å². The van der Waals surface area contributed by atoms with Crippen molar-refractivity contribution in [1.82, 2.24) is 5.32 Å². The maximum Gasteiger partial charge on any atom is 0.0681 e. The molecule has 2 N–H and O–H groups in total. The molecule has 1 aromatic carbocycles. The molecule has 1 saturated carbocycles. The molecule has 0 heterocycles. The van der Waals surface area contributed by atoms with Gasteiger partial charge in [-0.2, -0.15) is 0 Å². The number of benzene rings is 1. The number of aliphatic hydroxyl groups excluding tert-OH is 1. The van der Waals surface area contributed by atoms with Gasteiger partial charge in [-0.05, 0) is 36.3 Å². The van der Waals surface area contributed by atoms with Gasteiger partial charge in [0.2, 0.25) is 0 Å². The van der Waals surface area contributed by atoms with Crippen LogP contribution in [0.3, 0.4) is 0 Å². The summed E-state index contributed by atoms with van der Waals surface area (Å²) in [6.45, 7) is 3.30. The lowest BCUT2D eigenvalue weighted by atomic mass is 10.1. The van der Waals surface area contributed by atoms with Crippen molar-refractivity contribution < 1.29 is 5.11 Å². The van der Waals surface area contributed by atoms with Gasteiger partial charge in [0.15, 0.2) is 0 Å². The monoisotopic (exact) mass is 219 g/mol. The summed E-state index contributed by atoms with van der Waals surface area (Å²) in [6.07, 6.45) is 3.99. The molecule has 1 aliphatic rings. The molecule has 0 aliphatic heterocycles. The Hall–Kier alpha value is -0.860. The van der Waals surface area contributed by atoms with Crippen molar-refractivity contribution in [2.45, 2.75) is 45.4 Å². The van der Waals surface area contributed by atoms with Crippen LogP contribution in [0.2, 0.25) is 0 Å². The summed E-state index contributed by atoms with van der Waals surface area (Å²) in [6, 6.07) is 8.85. The highest BCUT2D eigenvalue weighted by Gasteiger charge is 2.29. The van der Waals surface area contributed by atoms with Crippen molar-refractivity contribution in [2.24, 2.45) is 5.92 Å². The first-order chi connectivity index (χ1) is 7.83. The van der Waals surface area contributed by atoms with Crippen molar-refractivity contribution in [2.75, 3.05) is 0 Å². The molecule has 1 aromatic rings. The Bertz CT molecular complexity index is 333. The van der Waals surface area contributed by atoms with Crippen molar-refractivity contribution in [3.05, 3.63) is 35.4 Å². The van der Waals surface area contributed by atoms with E-state index in [4.69, 9.17) is 5.11 Å². The molecule has 0 bridgehead atoms. The summed E-state index contributed by atoms with van der Waals surface area (Å²) in [5, 5.41) is 12.7. The lowest BCUT2D eigenvalue weighted by Crippen LogP contribution is -2.29. The van der Waals surface area contributed by atoms with Crippen LogP contribution in [0.5, 0.6) is 0 Å². The average Bonchev–Trinajstić information content (AvgIpc) is 3.15. The largest absolute Gasteiger partial charge is 0.392 e. The van der Waals surface area contributed by atoms with Gasteiger partial charge in [-0.15, -0.1) is 0 Å². The smallest absolute Gasteiger partial charge is 0.0681 e. The molecule has 1 atom stereocenters. The second-order valence-electron chi connectivity index (χ2n) is 4.71. The number of rotatable bonds is 6. The van der Waals surface area contributed by atoms with Crippen LogP contribution in [0.4, 0.5) is 0 Å². The molecule has 1 aliphatic carbocycles. The number of hydrogen-bond acceptors (Lipinski definition) is 2. The number of nitrogens with one attached hydrogen (secondary N) is 1. The third kappa shape index (κ3) is 3.06. The van der Waals surface area contributed by atoms with Crippen molar-refractivity contribution in [1.29, 1.82) is 0 Å². The highest BCUT2D eigenvalue weighted by atomic mass is 16.3. The molecule has 2 nitrogen and oxygen atoms in total. The molecule has 2 heteroatoms. The van der Waals surface area contributed by atoms with E-state index in [0.717, 1.165) is 18.0 Å².